The van der Waals surface area contributed by atoms with Crippen LogP contribution in [0.25, 0.3) is 10.4 Å². The van der Waals surface area contributed by atoms with Crippen LogP contribution in [0.15, 0.2) is 5.11 Å². The average molecular weight is 682 g/mol. The molecule has 0 aromatic heterocycles. The summed E-state index contributed by atoms with van der Waals surface area (Å²) >= 11 is 0. The number of nitrogens with zero attached hydrogens (tertiary/aromatic N) is 4. The van der Waals surface area contributed by atoms with E-state index in [4.69, 9.17) is 34.9 Å². The van der Waals surface area contributed by atoms with Crippen molar-refractivity contribution < 1.29 is 48.0 Å². The summed E-state index contributed by atoms with van der Waals surface area (Å²) in [5.74, 6) is -5.15. The molecule has 0 bridgehead atoms. The van der Waals surface area contributed by atoms with Gasteiger partial charge < -0.3 is 39.4 Å². The summed E-state index contributed by atoms with van der Waals surface area (Å²) in [5.41, 5.74) is 12.1. The van der Waals surface area contributed by atoms with Crippen LogP contribution in [0.5, 0.6) is 0 Å². The van der Waals surface area contributed by atoms with Crippen LogP contribution in [0.1, 0.15) is 87.5 Å². The fourth-order valence-corrected chi connectivity index (χ4v) is 7.77. The Morgan fingerprint density at radius 2 is 1.75 bits per heavy atom. The van der Waals surface area contributed by atoms with Crippen molar-refractivity contribution in [1.82, 2.24) is 4.90 Å². The quantitative estimate of drug-likeness (QED) is 0.0894. The van der Waals surface area contributed by atoms with E-state index in [1.165, 1.54) is 18.9 Å². The van der Waals surface area contributed by atoms with Crippen LogP contribution in [0, 0.1) is 23.7 Å². The number of carbonyl (C=O) groups excluding carboxylic acids is 4. The number of fused-ring (bicyclic) bond motifs is 1. The van der Waals surface area contributed by atoms with E-state index in [0.29, 0.717) is 19.3 Å². The average Bonchev–Trinajstić information content (AvgIpc) is 3.30. The summed E-state index contributed by atoms with van der Waals surface area (Å²) < 4.78 is 30.3. The van der Waals surface area contributed by atoms with Gasteiger partial charge in [-0.15, -0.1) is 0 Å². The van der Waals surface area contributed by atoms with E-state index in [1.807, 2.05) is 0 Å². The Kier molecular flexibility index (Phi) is 13.4. The number of unbranched alkanes of at least 4 members (excludes halogenated alkanes) is 1. The number of rotatable bonds is 9. The maximum atomic E-state index is 14.4. The molecule has 3 aliphatic rings. The minimum Gasteiger partial charge on any atom is -0.458 e. The number of aliphatic hydroxyl groups is 1. The summed E-state index contributed by atoms with van der Waals surface area (Å²) in [4.78, 5) is 59.8. The summed E-state index contributed by atoms with van der Waals surface area (Å²) in [6, 6.07) is -1.45. The molecule has 272 valence electrons. The maximum absolute atomic E-state index is 14.4. The fraction of sp³-hybridized carbons (Fsp3) is 0.879. The van der Waals surface area contributed by atoms with Crippen molar-refractivity contribution in [2.45, 2.75) is 141 Å². The molecule has 3 N–H and O–H groups in total. The molecule has 48 heavy (non-hydrogen) atoms. The lowest BCUT2D eigenvalue weighted by Crippen LogP contribution is -2.60. The lowest BCUT2D eigenvalue weighted by atomic mass is 9.73. The van der Waals surface area contributed by atoms with E-state index in [0.717, 1.165) is 0 Å². The van der Waals surface area contributed by atoms with Crippen molar-refractivity contribution in [3.63, 3.8) is 0 Å². The zero-order chi connectivity index (χ0) is 36.1. The van der Waals surface area contributed by atoms with Crippen LogP contribution < -0.4 is 5.73 Å². The molecule has 0 aromatic rings. The van der Waals surface area contributed by atoms with Gasteiger partial charge >= 0.3 is 12.1 Å². The summed E-state index contributed by atoms with van der Waals surface area (Å²) in [5, 5.41) is 14.5. The molecule has 0 aliphatic carbocycles. The number of nitrogens with two attached hydrogens (primary N) is 1. The number of hydrogen-bond donors (Lipinski definition) is 2. The SMILES string of the molecule is CC[C@H]1OC(=O)[C@H](C)C(=O)[C@H](C)[C@@H](O[C@@H]2O[C@H](C)CC(N)C2O)[C@](C)(OC)C[C@@H](C)C(=O)[C@H](C)[C@H]2N(CCCCN=[N+]=[N-])C(=O)O[C@]12C. The first-order chi connectivity index (χ1) is 22.5. The van der Waals surface area contributed by atoms with E-state index < -0.39 is 89.4 Å². The van der Waals surface area contributed by atoms with E-state index in [2.05, 4.69) is 10.0 Å². The molecule has 15 nitrogen and oxygen atoms in total. The third kappa shape index (κ3) is 8.14. The maximum Gasteiger partial charge on any atom is 0.410 e. The van der Waals surface area contributed by atoms with Crippen LogP contribution >= 0.6 is 0 Å². The Balaban J connectivity index is 2.10. The number of azide groups is 1. The third-order valence-electron chi connectivity index (χ3n) is 10.5. The van der Waals surface area contributed by atoms with Gasteiger partial charge in [-0.3, -0.25) is 14.4 Å². The number of hydrogen-bond acceptors (Lipinski definition) is 12. The molecule has 0 saturated carbocycles. The number of ketones is 2. The Bertz CT molecular complexity index is 1230. The molecule has 0 spiro atoms. The number of ether oxygens (including phenoxy) is 5. The molecule has 0 aromatic carbocycles. The van der Waals surface area contributed by atoms with Crippen LogP contribution in [0.4, 0.5) is 4.79 Å². The normalized spacial score (nSPS) is 41.6. The fourth-order valence-electron chi connectivity index (χ4n) is 7.77. The predicted octanol–water partition coefficient (Wildman–Crippen LogP) is 3.68. The van der Waals surface area contributed by atoms with Crippen LogP contribution in [0.2, 0.25) is 0 Å². The number of Topliss-reactive ketones (excluding diaryl/α,β-unsaturated/α-hetero) is 2. The predicted molar refractivity (Wildman–Crippen MR) is 173 cm³/mol. The summed E-state index contributed by atoms with van der Waals surface area (Å²) in [6.07, 6.45) is -3.68. The largest absolute Gasteiger partial charge is 0.458 e. The van der Waals surface area contributed by atoms with Crippen molar-refractivity contribution >= 4 is 23.6 Å². The molecule has 1 amide bonds. The number of amides is 1. The topological polar surface area (TPSA) is 213 Å². The van der Waals surface area contributed by atoms with Crippen LogP contribution in [0.3, 0.4) is 0 Å². The first-order valence-corrected chi connectivity index (χ1v) is 17.0. The number of carbonyl (C=O) groups is 4. The molecule has 3 fully saturated rings. The molecule has 13 atom stereocenters. The Labute approximate surface area is 283 Å². The first kappa shape index (κ1) is 39.6. The van der Waals surface area contributed by atoms with E-state index in [9.17, 15) is 24.3 Å². The van der Waals surface area contributed by atoms with Gasteiger partial charge in [0.25, 0.3) is 0 Å². The molecule has 15 heteroatoms. The van der Waals surface area contributed by atoms with Crippen LogP contribution in [-0.2, 0) is 38.1 Å². The van der Waals surface area contributed by atoms with Gasteiger partial charge in [0.2, 0.25) is 0 Å². The van der Waals surface area contributed by atoms with Crippen molar-refractivity contribution in [1.29, 1.82) is 0 Å². The summed E-state index contributed by atoms with van der Waals surface area (Å²) in [6.45, 7) is 14.0. The number of methoxy groups -OCH3 is 1. The molecule has 2 unspecified atom stereocenters. The van der Waals surface area contributed by atoms with Crippen LogP contribution in [-0.4, -0.2) is 108 Å². The second kappa shape index (κ2) is 16.3. The van der Waals surface area contributed by atoms with Gasteiger partial charge in [0, 0.05) is 48.9 Å². The van der Waals surface area contributed by atoms with Crippen molar-refractivity contribution in [3.05, 3.63) is 10.4 Å². The van der Waals surface area contributed by atoms with Crippen molar-refractivity contribution in [2.24, 2.45) is 34.5 Å². The zero-order valence-corrected chi connectivity index (χ0v) is 29.8. The lowest BCUT2D eigenvalue weighted by molar-refractivity contribution is -0.288. The number of esters is 1. The van der Waals surface area contributed by atoms with E-state index in [-0.39, 0.29) is 37.8 Å². The van der Waals surface area contributed by atoms with E-state index in [1.54, 1.807) is 48.5 Å². The first-order valence-electron chi connectivity index (χ1n) is 17.0. The molecule has 3 saturated heterocycles. The van der Waals surface area contributed by atoms with Gasteiger partial charge in [0.05, 0.1) is 23.9 Å². The molecule has 3 rings (SSSR count). The monoisotopic (exact) mass is 681 g/mol. The minimum atomic E-state index is -1.42. The summed E-state index contributed by atoms with van der Waals surface area (Å²) in [7, 11) is 1.45. The number of aliphatic hydroxyl groups excluding tert-OH is 1. The zero-order valence-electron chi connectivity index (χ0n) is 29.8. The van der Waals surface area contributed by atoms with Gasteiger partial charge in [-0.2, -0.15) is 0 Å². The minimum absolute atomic E-state index is 0.0970. The Morgan fingerprint density at radius 3 is 2.35 bits per heavy atom. The van der Waals surface area contributed by atoms with Crippen molar-refractivity contribution in [2.75, 3.05) is 20.2 Å². The number of cyclic esters (lactones) is 1. The van der Waals surface area contributed by atoms with Gasteiger partial charge in [0.1, 0.15) is 23.9 Å². The molecule has 0 radical (unpaired) electrons. The lowest BCUT2D eigenvalue weighted by Gasteiger charge is -2.46. The van der Waals surface area contributed by atoms with Crippen molar-refractivity contribution in [3.8, 4) is 0 Å². The molecular weight excluding hydrogens is 626 g/mol. The molecular formula is C33H55N5O10. The molecule has 3 aliphatic heterocycles. The highest BCUT2D eigenvalue weighted by molar-refractivity contribution is 6.00. The smallest absolute Gasteiger partial charge is 0.410 e. The molecule has 3 heterocycles. The van der Waals surface area contributed by atoms with Gasteiger partial charge in [-0.05, 0) is 65.3 Å². The highest BCUT2D eigenvalue weighted by Crippen LogP contribution is 2.43. The van der Waals surface area contributed by atoms with Gasteiger partial charge in [0.15, 0.2) is 17.7 Å². The highest BCUT2D eigenvalue weighted by Gasteiger charge is 2.60. The standard InChI is InChI=1S/C33H55N5O10/c1-10-23-33(8)27(38(31(43)48-33)14-12-11-13-36-37-35)19(4)24(39)17(2)16-32(7,44-9)28(20(5)25(40)21(6)29(42)46-23)47-30-26(41)22(34)15-18(3)45-30/h17-23,26-28,30,41H,10-16,34H2,1-9H3/t17-,18-,19+,20+,21-,22?,23-,26?,27-,28-,30+,32-,33-/m1/s1. The third-order valence-corrected chi connectivity index (χ3v) is 10.5. The highest BCUT2D eigenvalue weighted by atomic mass is 16.7. The Hall–Kier alpha value is -2.81. The second-order valence-corrected chi connectivity index (χ2v) is 14.2. The Morgan fingerprint density at radius 1 is 1.08 bits per heavy atom. The van der Waals surface area contributed by atoms with Gasteiger partial charge in [-0.1, -0.05) is 32.8 Å². The van der Waals surface area contributed by atoms with Gasteiger partial charge in [-0.25, -0.2) is 4.79 Å². The second-order valence-electron chi connectivity index (χ2n) is 14.2. The van der Waals surface area contributed by atoms with E-state index >= 15 is 0 Å².